The van der Waals surface area contributed by atoms with Crippen LogP contribution in [-0.4, -0.2) is 4.57 Å². The predicted molar refractivity (Wildman–Crippen MR) is 218 cm³/mol. The second-order valence-corrected chi connectivity index (χ2v) is 13.9. The zero-order chi connectivity index (χ0) is 35.0. The normalized spacial score (nSPS) is 13.5. The average Bonchev–Trinajstić information content (AvgIpc) is 3.89. The van der Waals surface area contributed by atoms with Crippen LogP contribution in [-0.2, 0) is 0 Å². The van der Waals surface area contributed by atoms with Gasteiger partial charge in [-0.1, -0.05) is 146 Å². The lowest BCUT2D eigenvalue weighted by Gasteiger charge is -2.20. The maximum Gasteiger partial charge on any atom is 0.194 e. The smallest absolute Gasteiger partial charge is 0.194 e. The summed E-state index contributed by atoms with van der Waals surface area (Å²) in [7, 11) is 0. The van der Waals surface area contributed by atoms with Gasteiger partial charge in [-0.15, -0.1) is 0 Å². The van der Waals surface area contributed by atoms with E-state index < -0.39 is 0 Å². The Hall–Kier alpha value is -7.15. The fourth-order valence-corrected chi connectivity index (χ4v) is 8.81. The van der Waals surface area contributed by atoms with Crippen LogP contribution >= 0.6 is 0 Å². The minimum Gasteiger partial charge on any atom is -0.456 e. The third kappa shape index (κ3) is 4.33. The zero-order valence-corrected chi connectivity index (χ0v) is 28.6. The van der Waals surface area contributed by atoms with Gasteiger partial charge in [0.2, 0.25) is 0 Å². The van der Waals surface area contributed by atoms with E-state index in [1.807, 2.05) is 30.3 Å². The molecule has 0 saturated heterocycles. The van der Waals surface area contributed by atoms with Crippen LogP contribution in [0.1, 0.15) is 22.6 Å². The van der Waals surface area contributed by atoms with Gasteiger partial charge in [-0.05, 0) is 69.3 Å². The quantitative estimate of drug-likeness (QED) is 0.170. The minimum absolute atomic E-state index is 0.0150. The van der Waals surface area contributed by atoms with Crippen molar-refractivity contribution in [3.63, 3.8) is 0 Å². The molecule has 1 aliphatic rings. The topological polar surface area (TPSA) is 22.4 Å². The van der Waals surface area contributed by atoms with E-state index in [1.54, 1.807) is 0 Å². The summed E-state index contributed by atoms with van der Waals surface area (Å²) in [5.74, 6) is -0.0150. The van der Waals surface area contributed by atoms with Crippen LogP contribution in [0, 0.1) is 6.57 Å². The number of aromatic nitrogens is 1. The van der Waals surface area contributed by atoms with E-state index in [2.05, 4.69) is 155 Å². The average molecular weight is 675 g/mol. The predicted octanol–water partition coefficient (Wildman–Crippen LogP) is 13.7. The lowest BCUT2D eigenvalue weighted by Crippen LogP contribution is -2.04. The van der Waals surface area contributed by atoms with Crippen LogP contribution in [0.4, 0.5) is 5.69 Å². The number of hydrogen-bond donors (Lipinski definition) is 0. The van der Waals surface area contributed by atoms with Gasteiger partial charge in [0.05, 0.1) is 23.3 Å². The highest BCUT2D eigenvalue weighted by Gasteiger charge is 2.34. The summed E-state index contributed by atoms with van der Waals surface area (Å²) in [4.78, 5) is 3.78. The number of furan rings is 1. The van der Waals surface area contributed by atoms with Crippen molar-refractivity contribution in [2.24, 2.45) is 0 Å². The van der Waals surface area contributed by atoms with Crippen LogP contribution in [0.3, 0.4) is 0 Å². The van der Waals surface area contributed by atoms with Gasteiger partial charge in [-0.3, -0.25) is 0 Å². The fourth-order valence-electron chi connectivity index (χ4n) is 8.81. The Bertz CT molecular complexity index is 3080. The summed E-state index contributed by atoms with van der Waals surface area (Å²) < 4.78 is 9.17. The first-order chi connectivity index (χ1) is 26.3. The molecule has 3 heteroatoms. The lowest BCUT2D eigenvalue weighted by atomic mass is 9.86. The highest BCUT2D eigenvalue weighted by Crippen LogP contribution is 2.53. The van der Waals surface area contributed by atoms with E-state index in [9.17, 15) is 0 Å². The largest absolute Gasteiger partial charge is 0.456 e. The summed E-state index contributed by atoms with van der Waals surface area (Å²) in [6, 6.07) is 62.7. The van der Waals surface area contributed by atoms with Crippen LogP contribution < -0.4 is 0 Å². The Morgan fingerprint density at radius 1 is 0.491 bits per heavy atom. The molecule has 1 unspecified atom stereocenters. The van der Waals surface area contributed by atoms with Crippen molar-refractivity contribution in [3.05, 3.63) is 204 Å². The monoisotopic (exact) mass is 674 g/mol. The molecule has 0 saturated carbocycles. The number of nitrogens with zero attached hydrogens (tertiary/aromatic N) is 2. The van der Waals surface area contributed by atoms with Crippen molar-refractivity contribution in [3.8, 4) is 39.1 Å². The number of hydrogen-bond acceptors (Lipinski definition) is 1. The van der Waals surface area contributed by atoms with Crippen molar-refractivity contribution in [2.75, 3.05) is 0 Å². The van der Waals surface area contributed by atoms with E-state index in [0.29, 0.717) is 5.69 Å². The SMILES string of the molecule is [C-]#[N+]c1ccccc1-c1ccc(-c2ccc(C3c4ccccc4-c4ccc5c(oc6ccccc65)c43)cc2-n2c3ccccc3c3ccccc32)cc1. The first-order valence-electron chi connectivity index (χ1n) is 18.0. The molecule has 0 fully saturated rings. The standard InChI is InChI=1S/C50H30N2O/c1-51-43-18-8-4-12-34(43)31-22-24-32(25-23-31)35-27-26-33(30-46(35)52-44-19-9-5-14-37(44)38-15-6-10-20-45(38)52)48-40-17-3-2-13-36(40)41-28-29-42-39-16-7-11-21-47(39)53-50(42)49(41)48/h2-30,48H. The molecule has 0 bridgehead atoms. The molecule has 2 aromatic heterocycles. The van der Waals surface area contributed by atoms with Crippen LogP contribution in [0.15, 0.2) is 180 Å². The second kappa shape index (κ2) is 11.4. The molecule has 10 aromatic rings. The van der Waals surface area contributed by atoms with Crippen molar-refractivity contribution in [1.29, 1.82) is 0 Å². The van der Waals surface area contributed by atoms with Gasteiger partial charge < -0.3 is 8.98 Å². The summed E-state index contributed by atoms with van der Waals surface area (Å²) in [6.07, 6.45) is 0. The van der Waals surface area contributed by atoms with E-state index in [0.717, 1.165) is 49.9 Å². The summed E-state index contributed by atoms with van der Waals surface area (Å²) in [5, 5.41) is 4.75. The molecule has 8 aromatic carbocycles. The number of rotatable bonds is 4. The maximum absolute atomic E-state index is 7.72. The third-order valence-corrected chi connectivity index (χ3v) is 11.1. The Balaban J connectivity index is 1.18. The van der Waals surface area contributed by atoms with Crippen LogP contribution in [0.25, 0.3) is 87.7 Å². The second-order valence-electron chi connectivity index (χ2n) is 13.9. The number of fused-ring (bicyclic) bond motifs is 10. The summed E-state index contributed by atoms with van der Waals surface area (Å²) in [5.41, 5.74) is 16.4. The van der Waals surface area contributed by atoms with E-state index >= 15 is 0 Å². The Morgan fingerprint density at radius 3 is 1.85 bits per heavy atom. The Kier molecular flexibility index (Phi) is 6.38. The molecule has 0 radical (unpaired) electrons. The van der Waals surface area contributed by atoms with Gasteiger partial charge >= 0.3 is 0 Å². The number of benzene rings is 8. The molecule has 0 aliphatic heterocycles. The molecular weight excluding hydrogens is 645 g/mol. The molecule has 1 atom stereocenters. The van der Waals surface area contributed by atoms with Crippen molar-refractivity contribution in [1.82, 2.24) is 4.57 Å². The van der Waals surface area contributed by atoms with Gasteiger partial charge in [-0.2, -0.15) is 0 Å². The van der Waals surface area contributed by atoms with Gasteiger partial charge in [0, 0.05) is 38.6 Å². The molecule has 1 aliphatic carbocycles. The molecule has 2 heterocycles. The fraction of sp³-hybridized carbons (Fsp3) is 0.0200. The van der Waals surface area contributed by atoms with Gasteiger partial charge in [0.25, 0.3) is 0 Å². The Labute approximate surface area is 306 Å². The number of para-hydroxylation sites is 4. The molecule has 246 valence electrons. The zero-order valence-electron chi connectivity index (χ0n) is 28.6. The Morgan fingerprint density at radius 2 is 1.09 bits per heavy atom. The highest BCUT2D eigenvalue weighted by molar-refractivity contribution is 6.11. The molecule has 0 spiro atoms. The maximum atomic E-state index is 7.72. The molecule has 11 rings (SSSR count). The third-order valence-electron chi connectivity index (χ3n) is 11.1. The molecule has 53 heavy (non-hydrogen) atoms. The lowest BCUT2D eigenvalue weighted by molar-refractivity contribution is 0.662. The first-order valence-corrected chi connectivity index (χ1v) is 18.0. The van der Waals surface area contributed by atoms with Crippen LogP contribution in [0.2, 0.25) is 0 Å². The van der Waals surface area contributed by atoms with Gasteiger partial charge in [-0.25, -0.2) is 4.85 Å². The van der Waals surface area contributed by atoms with Gasteiger partial charge in [0.15, 0.2) is 5.69 Å². The van der Waals surface area contributed by atoms with Crippen LogP contribution in [0.5, 0.6) is 0 Å². The molecule has 0 amide bonds. The van der Waals surface area contributed by atoms with E-state index in [1.165, 1.54) is 49.6 Å². The van der Waals surface area contributed by atoms with E-state index in [-0.39, 0.29) is 5.92 Å². The summed E-state index contributed by atoms with van der Waals surface area (Å²) in [6.45, 7) is 7.72. The first kappa shape index (κ1) is 29.6. The van der Waals surface area contributed by atoms with Gasteiger partial charge in [0.1, 0.15) is 11.2 Å². The minimum atomic E-state index is -0.0150. The molecular formula is C50H30N2O. The van der Waals surface area contributed by atoms with Crippen molar-refractivity contribution >= 4 is 49.4 Å². The highest BCUT2D eigenvalue weighted by atomic mass is 16.3. The molecule has 0 N–H and O–H groups in total. The summed E-state index contributed by atoms with van der Waals surface area (Å²) >= 11 is 0. The van der Waals surface area contributed by atoms with Crippen molar-refractivity contribution in [2.45, 2.75) is 5.92 Å². The van der Waals surface area contributed by atoms with Crippen molar-refractivity contribution < 1.29 is 4.42 Å². The van der Waals surface area contributed by atoms with E-state index in [4.69, 9.17) is 11.0 Å². The molecule has 3 nitrogen and oxygen atoms in total.